The van der Waals surface area contributed by atoms with E-state index in [2.05, 4.69) is 11.8 Å². The van der Waals surface area contributed by atoms with Crippen molar-refractivity contribution < 1.29 is 14.4 Å². The van der Waals surface area contributed by atoms with E-state index >= 15 is 0 Å². The first kappa shape index (κ1) is 18.0. The van der Waals surface area contributed by atoms with Crippen LogP contribution in [0, 0.1) is 11.8 Å². The van der Waals surface area contributed by atoms with Crippen LogP contribution in [0.4, 0.5) is 0 Å². The Balaban J connectivity index is 1.96. The van der Waals surface area contributed by atoms with E-state index in [0.29, 0.717) is 37.3 Å². The summed E-state index contributed by atoms with van der Waals surface area (Å²) in [5.74, 6) is 3.99. The lowest BCUT2D eigenvalue weighted by Gasteiger charge is -2.23. The zero-order chi connectivity index (χ0) is 18.1. The number of fused-ring (bicyclic) bond motifs is 1. The van der Waals surface area contributed by atoms with Crippen molar-refractivity contribution in [2.24, 2.45) is 0 Å². The van der Waals surface area contributed by atoms with Gasteiger partial charge in [0.15, 0.2) is 0 Å². The summed E-state index contributed by atoms with van der Waals surface area (Å²) in [5, 5.41) is 5.17. The molecule has 0 N–H and O–H groups in total. The number of hydrazine groups is 1. The first-order valence-electron chi connectivity index (χ1n) is 7.81. The summed E-state index contributed by atoms with van der Waals surface area (Å²) in [6.07, 6.45) is 0. The number of hydroxylamine groups is 2. The van der Waals surface area contributed by atoms with Gasteiger partial charge in [-0.05, 0) is 19.1 Å². The predicted molar refractivity (Wildman–Crippen MR) is 93.8 cm³/mol. The standard InChI is InChI=1S/C17H17Cl2N3O3/c1-3-4-11-9-12(18)14(13(19)10-11)15-16(23)21-7-5-20(25-2)6-8-22(21)17(15)24/h9-10,15H,5-8H2,1-2H3. The van der Waals surface area contributed by atoms with Crippen molar-refractivity contribution in [1.29, 1.82) is 0 Å². The van der Waals surface area contributed by atoms with Crippen molar-refractivity contribution in [2.45, 2.75) is 12.8 Å². The zero-order valence-corrected chi connectivity index (χ0v) is 15.4. The number of carbonyl (C=O) groups excluding carboxylic acids is 2. The van der Waals surface area contributed by atoms with Gasteiger partial charge in [-0.1, -0.05) is 29.1 Å². The second-order valence-corrected chi connectivity index (χ2v) is 6.51. The topological polar surface area (TPSA) is 53.1 Å². The molecule has 2 heterocycles. The van der Waals surface area contributed by atoms with Crippen LogP contribution >= 0.6 is 23.2 Å². The van der Waals surface area contributed by atoms with Gasteiger partial charge in [-0.3, -0.25) is 9.59 Å². The van der Waals surface area contributed by atoms with Gasteiger partial charge in [-0.25, -0.2) is 10.0 Å². The number of amides is 2. The van der Waals surface area contributed by atoms with Crippen LogP contribution in [0.3, 0.4) is 0 Å². The summed E-state index contributed by atoms with van der Waals surface area (Å²) < 4.78 is 0. The summed E-state index contributed by atoms with van der Waals surface area (Å²) in [4.78, 5) is 30.9. The smallest absolute Gasteiger partial charge is 0.258 e. The summed E-state index contributed by atoms with van der Waals surface area (Å²) in [5.41, 5.74) is 0.987. The molecular formula is C17H17Cl2N3O3. The molecular weight excluding hydrogens is 365 g/mol. The lowest BCUT2D eigenvalue weighted by atomic mass is 9.96. The number of hydrogen-bond acceptors (Lipinski definition) is 4. The zero-order valence-electron chi connectivity index (χ0n) is 13.9. The fourth-order valence-electron chi connectivity index (χ4n) is 3.13. The molecule has 0 radical (unpaired) electrons. The minimum Gasteiger partial charge on any atom is -0.302 e. The van der Waals surface area contributed by atoms with Crippen LogP contribution in [0.25, 0.3) is 0 Å². The van der Waals surface area contributed by atoms with Gasteiger partial charge < -0.3 is 4.84 Å². The van der Waals surface area contributed by atoms with E-state index in [0.717, 1.165) is 0 Å². The highest BCUT2D eigenvalue weighted by molar-refractivity contribution is 6.37. The highest BCUT2D eigenvalue weighted by Crippen LogP contribution is 2.38. The van der Waals surface area contributed by atoms with Crippen LogP contribution in [-0.4, -0.2) is 60.2 Å². The second kappa shape index (κ2) is 7.22. The number of carbonyl (C=O) groups is 2. The molecule has 0 aromatic heterocycles. The molecule has 25 heavy (non-hydrogen) atoms. The molecule has 2 saturated heterocycles. The lowest BCUT2D eigenvalue weighted by molar-refractivity contribution is -0.145. The van der Waals surface area contributed by atoms with Crippen LogP contribution < -0.4 is 0 Å². The molecule has 6 nitrogen and oxygen atoms in total. The van der Waals surface area contributed by atoms with E-state index in [1.54, 1.807) is 31.2 Å². The monoisotopic (exact) mass is 381 g/mol. The fourth-order valence-corrected chi connectivity index (χ4v) is 3.84. The molecule has 2 aliphatic heterocycles. The highest BCUT2D eigenvalue weighted by atomic mass is 35.5. The van der Waals surface area contributed by atoms with E-state index in [1.165, 1.54) is 10.0 Å². The molecule has 132 valence electrons. The Morgan fingerprint density at radius 2 is 1.56 bits per heavy atom. The molecule has 1 aromatic carbocycles. The van der Waals surface area contributed by atoms with Gasteiger partial charge in [-0.2, -0.15) is 5.06 Å². The number of halogens is 2. The van der Waals surface area contributed by atoms with Crippen LogP contribution in [0.2, 0.25) is 10.0 Å². The van der Waals surface area contributed by atoms with Crippen molar-refractivity contribution in [3.8, 4) is 11.8 Å². The van der Waals surface area contributed by atoms with Crippen LogP contribution in [-0.2, 0) is 14.4 Å². The average Bonchev–Trinajstić information content (AvgIpc) is 2.73. The van der Waals surface area contributed by atoms with Crippen molar-refractivity contribution in [3.63, 3.8) is 0 Å². The molecule has 1 aromatic rings. The summed E-state index contributed by atoms with van der Waals surface area (Å²) in [6, 6.07) is 3.26. The quantitative estimate of drug-likeness (QED) is 0.579. The third-order valence-electron chi connectivity index (χ3n) is 4.31. The van der Waals surface area contributed by atoms with E-state index < -0.39 is 5.92 Å². The lowest BCUT2D eigenvalue weighted by Crippen LogP contribution is -2.41. The summed E-state index contributed by atoms with van der Waals surface area (Å²) in [6.45, 7) is 3.47. The van der Waals surface area contributed by atoms with Crippen LogP contribution in [0.15, 0.2) is 12.1 Å². The normalized spacial score (nSPS) is 18.9. The first-order valence-corrected chi connectivity index (χ1v) is 8.57. The third kappa shape index (κ3) is 3.21. The number of rotatable bonds is 2. The van der Waals surface area contributed by atoms with Gasteiger partial charge in [-0.15, -0.1) is 5.92 Å². The average molecular weight is 382 g/mol. The van der Waals surface area contributed by atoms with Crippen molar-refractivity contribution >= 4 is 35.0 Å². The number of benzene rings is 1. The predicted octanol–water partition coefficient (Wildman–Crippen LogP) is 1.91. The molecule has 2 aliphatic rings. The molecule has 0 spiro atoms. The Kier molecular flexibility index (Phi) is 5.21. The maximum atomic E-state index is 12.9. The van der Waals surface area contributed by atoms with E-state index in [9.17, 15) is 9.59 Å². The molecule has 0 aliphatic carbocycles. The van der Waals surface area contributed by atoms with Crippen molar-refractivity contribution in [3.05, 3.63) is 33.3 Å². The van der Waals surface area contributed by atoms with Crippen molar-refractivity contribution in [1.82, 2.24) is 15.1 Å². The molecule has 2 amide bonds. The maximum Gasteiger partial charge on any atom is 0.258 e. The van der Waals surface area contributed by atoms with Gasteiger partial charge >= 0.3 is 0 Å². The van der Waals surface area contributed by atoms with Gasteiger partial charge in [0, 0.05) is 34.3 Å². The molecule has 0 saturated carbocycles. The molecule has 0 bridgehead atoms. The Morgan fingerprint density at radius 1 is 1.04 bits per heavy atom. The minimum absolute atomic E-state index is 0.273. The Morgan fingerprint density at radius 3 is 2.00 bits per heavy atom. The van der Waals surface area contributed by atoms with Gasteiger partial charge in [0.1, 0.15) is 5.92 Å². The van der Waals surface area contributed by atoms with Crippen molar-refractivity contribution in [2.75, 3.05) is 33.3 Å². The first-order chi connectivity index (χ1) is 12.0. The van der Waals surface area contributed by atoms with Gasteiger partial charge in [0.2, 0.25) is 0 Å². The van der Waals surface area contributed by atoms with Crippen LogP contribution in [0.5, 0.6) is 0 Å². The third-order valence-corrected chi connectivity index (χ3v) is 4.94. The Bertz CT molecular complexity index is 738. The summed E-state index contributed by atoms with van der Waals surface area (Å²) >= 11 is 12.7. The molecule has 3 rings (SSSR count). The Hall–Kier alpha value is -1.78. The van der Waals surface area contributed by atoms with Crippen LogP contribution in [0.1, 0.15) is 24.0 Å². The van der Waals surface area contributed by atoms with Gasteiger partial charge in [0.05, 0.1) is 20.2 Å². The second-order valence-electron chi connectivity index (χ2n) is 5.70. The van der Waals surface area contributed by atoms with E-state index in [4.69, 9.17) is 28.0 Å². The maximum absolute atomic E-state index is 12.9. The minimum atomic E-state index is -1.02. The van der Waals surface area contributed by atoms with E-state index in [1.807, 2.05) is 0 Å². The molecule has 8 heteroatoms. The molecule has 0 atom stereocenters. The largest absolute Gasteiger partial charge is 0.302 e. The molecule has 2 fully saturated rings. The highest BCUT2D eigenvalue weighted by Gasteiger charge is 2.48. The molecule has 0 unspecified atom stereocenters. The fraction of sp³-hybridized carbons (Fsp3) is 0.412. The van der Waals surface area contributed by atoms with Gasteiger partial charge in [0.25, 0.3) is 11.8 Å². The van der Waals surface area contributed by atoms with E-state index in [-0.39, 0.29) is 21.9 Å². The SMILES string of the molecule is CC#Cc1cc(Cl)c(C2C(=O)N3CCN(OC)CCN3C2=O)c(Cl)c1. The summed E-state index contributed by atoms with van der Waals surface area (Å²) in [7, 11) is 1.57. The number of nitrogens with zero attached hydrogens (tertiary/aromatic N) is 3. The Labute approximate surface area is 156 Å². The number of hydrogen-bond donors (Lipinski definition) is 0.